The Balaban J connectivity index is 1.43. The summed E-state index contributed by atoms with van der Waals surface area (Å²) in [4.78, 5) is 12.5. The number of aromatic nitrogens is 2. The second kappa shape index (κ2) is 8.28. The van der Waals surface area contributed by atoms with Crippen LogP contribution in [-0.2, 0) is 0 Å². The van der Waals surface area contributed by atoms with Crippen molar-refractivity contribution in [2.45, 2.75) is 6.10 Å². The quantitative estimate of drug-likeness (QED) is 0.857. The summed E-state index contributed by atoms with van der Waals surface area (Å²) in [5, 5.41) is 10.7. The predicted octanol–water partition coefficient (Wildman–Crippen LogP) is 1.69. The molecule has 24 heavy (non-hydrogen) atoms. The van der Waals surface area contributed by atoms with Crippen molar-refractivity contribution in [2.75, 3.05) is 44.2 Å². The van der Waals surface area contributed by atoms with Crippen LogP contribution in [0.5, 0.6) is 5.75 Å². The van der Waals surface area contributed by atoms with Crippen LogP contribution in [-0.4, -0.2) is 65.4 Å². The normalized spacial score (nSPS) is 16.8. The number of para-hydroxylation sites is 1. The Bertz CT molecular complexity index is 635. The van der Waals surface area contributed by atoms with E-state index in [1.54, 1.807) is 6.20 Å². The molecule has 2 heterocycles. The van der Waals surface area contributed by atoms with Gasteiger partial charge in [-0.05, 0) is 12.1 Å². The number of halogens is 1. The zero-order valence-corrected chi connectivity index (χ0v) is 14.1. The highest BCUT2D eigenvalue weighted by Gasteiger charge is 2.21. The van der Waals surface area contributed by atoms with Gasteiger partial charge in [0.2, 0.25) is 0 Å². The maximum absolute atomic E-state index is 10.2. The lowest BCUT2D eigenvalue weighted by atomic mass is 10.2. The highest BCUT2D eigenvalue weighted by Crippen LogP contribution is 2.22. The van der Waals surface area contributed by atoms with E-state index in [1.165, 1.54) is 6.33 Å². The molecule has 6 nitrogen and oxygen atoms in total. The van der Waals surface area contributed by atoms with Crippen molar-refractivity contribution >= 4 is 17.4 Å². The lowest BCUT2D eigenvalue weighted by molar-refractivity contribution is 0.0662. The minimum absolute atomic E-state index is 0.294. The summed E-state index contributed by atoms with van der Waals surface area (Å²) in [6.07, 6.45) is 2.61. The predicted molar refractivity (Wildman–Crippen MR) is 93.6 cm³/mol. The second-order valence-corrected chi connectivity index (χ2v) is 6.17. The molecule has 0 bridgehead atoms. The topological polar surface area (TPSA) is 61.7 Å². The first-order chi connectivity index (χ1) is 11.7. The summed E-state index contributed by atoms with van der Waals surface area (Å²) in [5.41, 5.74) is 0. The number of benzene rings is 1. The molecule has 0 aliphatic carbocycles. The molecule has 1 aromatic carbocycles. The Morgan fingerprint density at radius 2 is 1.92 bits per heavy atom. The molecular formula is C17H21ClN4O2. The number of anilines is 1. The Labute approximate surface area is 146 Å². The Morgan fingerprint density at radius 3 is 2.62 bits per heavy atom. The molecule has 1 aliphatic rings. The third kappa shape index (κ3) is 4.56. The first-order valence-electron chi connectivity index (χ1n) is 8.01. The molecule has 3 rings (SSSR count). The minimum Gasteiger partial charge on any atom is -0.491 e. The molecule has 128 valence electrons. The van der Waals surface area contributed by atoms with Crippen LogP contribution < -0.4 is 9.64 Å². The molecule has 0 unspecified atom stereocenters. The first kappa shape index (κ1) is 17.0. The number of rotatable bonds is 6. The molecule has 7 heteroatoms. The van der Waals surface area contributed by atoms with Crippen LogP contribution in [0.2, 0.25) is 5.02 Å². The van der Waals surface area contributed by atoms with Crippen molar-refractivity contribution in [2.24, 2.45) is 0 Å². The highest BCUT2D eigenvalue weighted by atomic mass is 35.5. The average molecular weight is 349 g/mol. The van der Waals surface area contributed by atoms with Gasteiger partial charge in [0.15, 0.2) is 5.82 Å². The van der Waals surface area contributed by atoms with Gasteiger partial charge in [0, 0.05) is 32.7 Å². The van der Waals surface area contributed by atoms with Crippen LogP contribution in [0.3, 0.4) is 0 Å². The number of aliphatic hydroxyl groups is 1. The minimum atomic E-state index is -0.514. The summed E-state index contributed by atoms with van der Waals surface area (Å²) in [6, 6.07) is 9.54. The lowest BCUT2D eigenvalue weighted by Crippen LogP contribution is -2.49. The van der Waals surface area contributed by atoms with Crippen molar-refractivity contribution in [3.63, 3.8) is 0 Å². The van der Waals surface area contributed by atoms with Crippen LogP contribution >= 0.6 is 11.6 Å². The third-order valence-corrected chi connectivity index (χ3v) is 4.24. The fourth-order valence-electron chi connectivity index (χ4n) is 2.74. The molecule has 1 fully saturated rings. The Kier molecular flexibility index (Phi) is 5.85. The molecule has 1 aromatic heterocycles. The number of ether oxygens (including phenoxy) is 1. The Hall–Kier alpha value is -1.89. The van der Waals surface area contributed by atoms with E-state index in [1.807, 2.05) is 30.3 Å². The summed E-state index contributed by atoms with van der Waals surface area (Å²) in [7, 11) is 0. The molecule has 0 saturated carbocycles. The summed E-state index contributed by atoms with van der Waals surface area (Å²) in [6.45, 7) is 4.23. The summed E-state index contributed by atoms with van der Waals surface area (Å²) >= 11 is 6.14. The highest BCUT2D eigenvalue weighted by molar-refractivity contribution is 6.32. The molecular weight excluding hydrogens is 328 g/mol. The molecule has 2 aromatic rings. The van der Waals surface area contributed by atoms with Gasteiger partial charge in [-0.2, -0.15) is 0 Å². The monoisotopic (exact) mass is 348 g/mol. The number of hydrogen-bond donors (Lipinski definition) is 1. The zero-order valence-electron chi connectivity index (χ0n) is 13.4. The van der Waals surface area contributed by atoms with Gasteiger partial charge in [0.05, 0.1) is 6.20 Å². The second-order valence-electron chi connectivity index (χ2n) is 5.76. The molecule has 1 N–H and O–H groups in total. The molecule has 0 amide bonds. The van der Waals surface area contributed by atoms with E-state index in [9.17, 15) is 5.11 Å². The van der Waals surface area contributed by atoms with E-state index in [0.29, 0.717) is 18.2 Å². The van der Waals surface area contributed by atoms with Gasteiger partial charge in [-0.3, -0.25) is 4.90 Å². The van der Waals surface area contributed by atoms with E-state index in [-0.39, 0.29) is 0 Å². The summed E-state index contributed by atoms with van der Waals surface area (Å²) in [5.74, 6) is 1.55. The number of nitrogens with zero attached hydrogens (tertiary/aromatic N) is 4. The van der Waals surface area contributed by atoms with Gasteiger partial charge >= 0.3 is 0 Å². The van der Waals surface area contributed by atoms with Gasteiger partial charge in [0.1, 0.15) is 29.8 Å². The van der Waals surface area contributed by atoms with Gasteiger partial charge in [-0.15, -0.1) is 0 Å². The summed E-state index contributed by atoms with van der Waals surface area (Å²) < 4.78 is 5.59. The van der Waals surface area contributed by atoms with Crippen LogP contribution in [0.4, 0.5) is 5.82 Å². The van der Waals surface area contributed by atoms with E-state index >= 15 is 0 Å². The van der Waals surface area contributed by atoms with Crippen LogP contribution in [0, 0.1) is 0 Å². The fourth-order valence-corrected chi connectivity index (χ4v) is 2.97. The molecule has 1 saturated heterocycles. The van der Waals surface area contributed by atoms with Crippen molar-refractivity contribution in [1.82, 2.24) is 14.9 Å². The SMILES string of the molecule is O[C@@H](COc1ccccc1)CN1CCN(c2ncncc2Cl)CC1. The van der Waals surface area contributed by atoms with E-state index in [4.69, 9.17) is 16.3 Å². The largest absolute Gasteiger partial charge is 0.491 e. The number of aliphatic hydroxyl groups excluding tert-OH is 1. The Morgan fingerprint density at radius 1 is 1.17 bits per heavy atom. The number of β-amino-alcohol motifs (C(OH)–C–C–N with tert-alkyl or cyclic N) is 1. The maximum Gasteiger partial charge on any atom is 0.150 e. The molecule has 1 atom stereocenters. The van der Waals surface area contributed by atoms with E-state index in [0.717, 1.165) is 37.7 Å². The smallest absolute Gasteiger partial charge is 0.150 e. The van der Waals surface area contributed by atoms with Gasteiger partial charge in [-0.25, -0.2) is 9.97 Å². The molecule has 0 radical (unpaired) electrons. The lowest BCUT2D eigenvalue weighted by Gasteiger charge is -2.36. The molecule has 1 aliphatic heterocycles. The fraction of sp³-hybridized carbons (Fsp3) is 0.412. The van der Waals surface area contributed by atoms with Gasteiger partial charge < -0.3 is 14.7 Å². The van der Waals surface area contributed by atoms with Crippen molar-refractivity contribution < 1.29 is 9.84 Å². The van der Waals surface area contributed by atoms with E-state index in [2.05, 4.69) is 19.8 Å². The zero-order chi connectivity index (χ0) is 16.8. The average Bonchev–Trinajstić information content (AvgIpc) is 2.62. The van der Waals surface area contributed by atoms with Crippen LogP contribution in [0.1, 0.15) is 0 Å². The van der Waals surface area contributed by atoms with Crippen LogP contribution in [0.15, 0.2) is 42.9 Å². The number of piperazine rings is 1. The maximum atomic E-state index is 10.2. The van der Waals surface area contributed by atoms with E-state index < -0.39 is 6.10 Å². The van der Waals surface area contributed by atoms with Crippen molar-refractivity contribution in [1.29, 1.82) is 0 Å². The van der Waals surface area contributed by atoms with Crippen molar-refractivity contribution in [3.8, 4) is 5.75 Å². The first-order valence-corrected chi connectivity index (χ1v) is 8.39. The standard InChI is InChI=1S/C17H21ClN4O2/c18-16-10-19-13-20-17(16)22-8-6-21(7-9-22)11-14(23)12-24-15-4-2-1-3-5-15/h1-5,10,13-14,23H,6-9,11-12H2/t14-/m1/s1. The van der Waals surface area contributed by atoms with Gasteiger partial charge in [0.25, 0.3) is 0 Å². The van der Waals surface area contributed by atoms with Gasteiger partial charge in [-0.1, -0.05) is 29.8 Å². The van der Waals surface area contributed by atoms with Crippen molar-refractivity contribution in [3.05, 3.63) is 47.9 Å². The number of hydrogen-bond acceptors (Lipinski definition) is 6. The van der Waals surface area contributed by atoms with Crippen LogP contribution in [0.25, 0.3) is 0 Å². The molecule has 0 spiro atoms. The third-order valence-electron chi connectivity index (χ3n) is 3.97.